The Labute approximate surface area is 161 Å². The van der Waals surface area contributed by atoms with Gasteiger partial charge in [0.2, 0.25) is 5.91 Å². The van der Waals surface area contributed by atoms with E-state index in [9.17, 15) is 9.59 Å². The molecule has 5 nitrogen and oxygen atoms in total. The van der Waals surface area contributed by atoms with Crippen LogP contribution in [0.15, 0.2) is 30.3 Å². The van der Waals surface area contributed by atoms with E-state index in [4.69, 9.17) is 4.74 Å². The van der Waals surface area contributed by atoms with Crippen LogP contribution in [0.2, 0.25) is 0 Å². The molecule has 0 saturated heterocycles. The van der Waals surface area contributed by atoms with Gasteiger partial charge in [0.25, 0.3) is 0 Å². The number of ether oxygens (including phenoxy) is 1. The molecule has 5 heteroatoms. The van der Waals surface area contributed by atoms with E-state index in [-0.39, 0.29) is 12.5 Å². The molecular weight excluding hydrogens is 340 g/mol. The molecule has 0 spiro atoms. The quantitative estimate of drug-likeness (QED) is 0.720. The van der Waals surface area contributed by atoms with Crippen LogP contribution in [0.4, 0.5) is 4.79 Å². The number of carbonyl (C=O) groups excluding carboxylic acids is 2. The predicted molar refractivity (Wildman–Crippen MR) is 103 cm³/mol. The number of nitrogens with one attached hydrogen (secondary N) is 2. The number of alkyl carbamates (subject to hydrolysis) is 1. The SMILES string of the molecule is O=C(CCCNC(=O)OCc1ccccc1)N[C@@H]1C[C@H]2C[C@H]1[C@@H]1CCC[C@H]21. The molecule has 5 atom stereocenters. The molecule has 2 amide bonds. The molecule has 0 heterocycles. The second kappa shape index (κ2) is 8.32. The summed E-state index contributed by atoms with van der Waals surface area (Å²) in [5.74, 6) is 3.53. The number of carbonyl (C=O) groups is 2. The van der Waals surface area contributed by atoms with Crippen LogP contribution in [0.3, 0.4) is 0 Å². The van der Waals surface area contributed by atoms with Crippen LogP contribution in [-0.4, -0.2) is 24.6 Å². The molecule has 3 aliphatic carbocycles. The first-order valence-electron chi connectivity index (χ1n) is 10.4. The molecule has 146 valence electrons. The zero-order valence-electron chi connectivity index (χ0n) is 15.9. The largest absolute Gasteiger partial charge is 0.445 e. The summed E-state index contributed by atoms with van der Waals surface area (Å²) < 4.78 is 5.17. The zero-order chi connectivity index (χ0) is 18.6. The lowest BCUT2D eigenvalue weighted by molar-refractivity contribution is -0.122. The monoisotopic (exact) mass is 370 g/mol. The van der Waals surface area contributed by atoms with Gasteiger partial charge in [0, 0.05) is 19.0 Å². The van der Waals surface area contributed by atoms with E-state index >= 15 is 0 Å². The van der Waals surface area contributed by atoms with Crippen LogP contribution < -0.4 is 10.6 Å². The van der Waals surface area contributed by atoms with Crippen molar-refractivity contribution in [2.75, 3.05) is 6.54 Å². The van der Waals surface area contributed by atoms with E-state index < -0.39 is 6.09 Å². The van der Waals surface area contributed by atoms with Crippen molar-refractivity contribution in [2.45, 2.75) is 57.6 Å². The van der Waals surface area contributed by atoms with Crippen molar-refractivity contribution in [2.24, 2.45) is 23.7 Å². The number of rotatable bonds is 7. The van der Waals surface area contributed by atoms with E-state index in [0.717, 1.165) is 29.2 Å². The molecular formula is C22H30N2O3. The van der Waals surface area contributed by atoms with Gasteiger partial charge >= 0.3 is 6.09 Å². The Morgan fingerprint density at radius 1 is 1.04 bits per heavy atom. The van der Waals surface area contributed by atoms with Crippen LogP contribution in [0.25, 0.3) is 0 Å². The van der Waals surface area contributed by atoms with Crippen molar-refractivity contribution in [1.82, 2.24) is 10.6 Å². The van der Waals surface area contributed by atoms with Crippen molar-refractivity contribution >= 4 is 12.0 Å². The lowest BCUT2D eigenvalue weighted by Crippen LogP contribution is -2.42. The van der Waals surface area contributed by atoms with Crippen LogP contribution in [0, 0.1) is 23.7 Å². The lowest BCUT2D eigenvalue weighted by atomic mass is 9.79. The van der Waals surface area contributed by atoms with Crippen molar-refractivity contribution in [1.29, 1.82) is 0 Å². The Bertz CT molecular complexity index is 663. The van der Waals surface area contributed by atoms with E-state index in [1.54, 1.807) is 0 Å². The minimum absolute atomic E-state index is 0.126. The third kappa shape index (κ3) is 4.28. The van der Waals surface area contributed by atoms with Gasteiger partial charge < -0.3 is 15.4 Å². The van der Waals surface area contributed by atoms with Gasteiger partial charge in [-0.3, -0.25) is 4.79 Å². The van der Waals surface area contributed by atoms with Gasteiger partial charge in [-0.05, 0) is 61.3 Å². The van der Waals surface area contributed by atoms with Gasteiger partial charge in [-0.25, -0.2) is 4.79 Å². The summed E-state index contributed by atoms with van der Waals surface area (Å²) in [7, 11) is 0. The topological polar surface area (TPSA) is 67.4 Å². The summed E-state index contributed by atoms with van der Waals surface area (Å²) in [6.45, 7) is 0.724. The number of hydrogen-bond donors (Lipinski definition) is 2. The second-order valence-electron chi connectivity index (χ2n) is 8.42. The van der Waals surface area contributed by atoms with Gasteiger partial charge in [0.15, 0.2) is 0 Å². The second-order valence-corrected chi connectivity index (χ2v) is 8.42. The highest BCUT2D eigenvalue weighted by Crippen LogP contribution is 2.58. The molecule has 2 bridgehead atoms. The Morgan fingerprint density at radius 2 is 1.85 bits per heavy atom. The third-order valence-corrected chi connectivity index (χ3v) is 6.84. The Morgan fingerprint density at radius 3 is 2.70 bits per heavy atom. The van der Waals surface area contributed by atoms with Gasteiger partial charge in [-0.2, -0.15) is 0 Å². The van der Waals surface area contributed by atoms with Crippen molar-refractivity contribution in [3.05, 3.63) is 35.9 Å². The predicted octanol–water partition coefficient (Wildman–Crippen LogP) is 3.63. The molecule has 1 aromatic carbocycles. The molecule has 4 rings (SSSR count). The van der Waals surface area contributed by atoms with E-state index in [0.29, 0.717) is 25.4 Å². The van der Waals surface area contributed by atoms with Gasteiger partial charge in [0.05, 0.1) is 0 Å². The maximum Gasteiger partial charge on any atom is 0.407 e. The van der Waals surface area contributed by atoms with Crippen LogP contribution >= 0.6 is 0 Å². The minimum atomic E-state index is -0.431. The normalized spacial score (nSPS) is 30.7. The van der Waals surface area contributed by atoms with Crippen LogP contribution in [0.1, 0.15) is 50.5 Å². The number of hydrogen-bond acceptors (Lipinski definition) is 3. The van der Waals surface area contributed by atoms with E-state index in [1.165, 1.54) is 32.1 Å². The fourth-order valence-corrected chi connectivity index (χ4v) is 5.73. The maximum atomic E-state index is 12.3. The maximum absolute atomic E-state index is 12.3. The van der Waals surface area contributed by atoms with Crippen LogP contribution in [-0.2, 0) is 16.1 Å². The fraction of sp³-hybridized carbons (Fsp3) is 0.636. The first kappa shape index (κ1) is 18.3. The molecule has 0 unspecified atom stereocenters. The summed E-state index contributed by atoms with van der Waals surface area (Å²) in [5.41, 5.74) is 0.961. The van der Waals surface area contributed by atoms with E-state index in [2.05, 4.69) is 10.6 Å². The molecule has 0 radical (unpaired) electrons. The molecule has 3 aliphatic rings. The number of amides is 2. The van der Waals surface area contributed by atoms with Crippen molar-refractivity contribution in [3.8, 4) is 0 Å². The van der Waals surface area contributed by atoms with E-state index in [1.807, 2.05) is 30.3 Å². The summed E-state index contributed by atoms with van der Waals surface area (Å²) in [6, 6.07) is 9.99. The standard InChI is InChI=1S/C22H30N2O3/c25-21(24-20-13-16-12-19(20)18-9-4-8-17(16)18)10-5-11-23-22(26)27-14-15-6-2-1-3-7-15/h1-3,6-7,16-20H,4-5,8-14H2,(H,23,26)(H,24,25)/t16-,17-,18-,19+,20-/m1/s1. The molecule has 0 aromatic heterocycles. The Hall–Kier alpha value is -2.04. The zero-order valence-corrected chi connectivity index (χ0v) is 15.9. The average molecular weight is 370 g/mol. The Balaban J connectivity index is 1.09. The summed E-state index contributed by atoms with van der Waals surface area (Å²) in [5, 5.41) is 5.99. The minimum Gasteiger partial charge on any atom is -0.445 e. The smallest absolute Gasteiger partial charge is 0.407 e. The highest BCUT2D eigenvalue weighted by molar-refractivity contribution is 5.76. The first-order chi connectivity index (χ1) is 13.2. The Kier molecular flexibility index (Phi) is 5.65. The van der Waals surface area contributed by atoms with Crippen LogP contribution in [0.5, 0.6) is 0 Å². The van der Waals surface area contributed by atoms with Crippen molar-refractivity contribution < 1.29 is 14.3 Å². The number of benzene rings is 1. The number of fused-ring (bicyclic) bond motifs is 5. The molecule has 1 aromatic rings. The highest BCUT2D eigenvalue weighted by Gasteiger charge is 2.53. The average Bonchev–Trinajstić information content (AvgIpc) is 3.38. The molecule has 3 fully saturated rings. The molecule has 2 N–H and O–H groups in total. The lowest BCUT2D eigenvalue weighted by Gasteiger charge is -2.32. The third-order valence-electron chi connectivity index (χ3n) is 6.84. The summed E-state index contributed by atoms with van der Waals surface area (Å²) in [4.78, 5) is 24.0. The van der Waals surface area contributed by atoms with Crippen molar-refractivity contribution in [3.63, 3.8) is 0 Å². The van der Waals surface area contributed by atoms with Gasteiger partial charge in [0.1, 0.15) is 6.61 Å². The first-order valence-corrected chi connectivity index (χ1v) is 10.4. The van der Waals surface area contributed by atoms with Gasteiger partial charge in [-0.1, -0.05) is 36.8 Å². The highest BCUT2D eigenvalue weighted by atomic mass is 16.5. The summed E-state index contributed by atoms with van der Waals surface area (Å²) >= 11 is 0. The molecule has 0 aliphatic heterocycles. The van der Waals surface area contributed by atoms with Gasteiger partial charge in [-0.15, -0.1) is 0 Å². The molecule has 27 heavy (non-hydrogen) atoms. The fourth-order valence-electron chi connectivity index (χ4n) is 5.73. The summed E-state index contributed by atoms with van der Waals surface area (Å²) in [6.07, 6.45) is 7.34. The molecule has 3 saturated carbocycles.